The number of amides is 2. The maximum absolute atomic E-state index is 12.9. The van der Waals surface area contributed by atoms with Gasteiger partial charge in [-0.25, -0.2) is 0 Å². The molecule has 3 heterocycles. The van der Waals surface area contributed by atoms with Crippen molar-refractivity contribution in [3.05, 3.63) is 17.0 Å². The Labute approximate surface area is 171 Å². The SMILES string of the molecule is Cc1noc(C)c1CCC(=O)N[C@H]1CC[C@@H](C(=O)N2CCSCC2)CN(C)C1. The van der Waals surface area contributed by atoms with Gasteiger partial charge in [-0.1, -0.05) is 5.16 Å². The van der Waals surface area contributed by atoms with Gasteiger partial charge in [0.15, 0.2) is 0 Å². The summed E-state index contributed by atoms with van der Waals surface area (Å²) in [5, 5.41) is 7.11. The van der Waals surface area contributed by atoms with Crippen LogP contribution in [0.25, 0.3) is 0 Å². The van der Waals surface area contributed by atoms with Crippen molar-refractivity contribution in [2.24, 2.45) is 5.92 Å². The minimum Gasteiger partial charge on any atom is -0.361 e. The summed E-state index contributed by atoms with van der Waals surface area (Å²) < 4.78 is 5.17. The van der Waals surface area contributed by atoms with Gasteiger partial charge in [0.05, 0.1) is 11.6 Å². The first kappa shape index (κ1) is 21.2. The van der Waals surface area contributed by atoms with Crippen LogP contribution < -0.4 is 5.32 Å². The molecule has 7 nitrogen and oxygen atoms in total. The number of carbonyl (C=O) groups excluding carboxylic acids is 2. The third-order valence-corrected chi connectivity index (χ3v) is 6.69. The minimum atomic E-state index is 0.0392. The quantitative estimate of drug-likeness (QED) is 0.798. The summed E-state index contributed by atoms with van der Waals surface area (Å²) in [5.74, 6) is 3.25. The van der Waals surface area contributed by atoms with Crippen molar-refractivity contribution >= 4 is 23.6 Å². The highest BCUT2D eigenvalue weighted by Crippen LogP contribution is 2.21. The second kappa shape index (κ2) is 9.78. The van der Waals surface area contributed by atoms with Crippen LogP contribution in [0.4, 0.5) is 0 Å². The average molecular weight is 409 g/mol. The zero-order valence-electron chi connectivity index (χ0n) is 17.2. The number of rotatable bonds is 5. The van der Waals surface area contributed by atoms with Gasteiger partial charge in [0.2, 0.25) is 11.8 Å². The van der Waals surface area contributed by atoms with E-state index in [-0.39, 0.29) is 23.8 Å². The van der Waals surface area contributed by atoms with Crippen LogP contribution >= 0.6 is 11.8 Å². The molecule has 2 amide bonds. The summed E-state index contributed by atoms with van der Waals surface area (Å²) >= 11 is 1.92. The lowest BCUT2D eigenvalue weighted by atomic mass is 10.00. The van der Waals surface area contributed by atoms with Crippen molar-refractivity contribution in [1.82, 2.24) is 20.3 Å². The molecule has 2 aliphatic rings. The first-order valence-electron chi connectivity index (χ1n) is 10.2. The predicted molar refractivity (Wildman–Crippen MR) is 110 cm³/mol. The van der Waals surface area contributed by atoms with E-state index in [4.69, 9.17) is 4.52 Å². The van der Waals surface area contributed by atoms with Gasteiger partial charge in [-0.05, 0) is 40.2 Å². The molecule has 0 spiro atoms. The Bertz CT molecular complexity index is 667. The van der Waals surface area contributed by atoms with Gasteiger partial charge < -0.3 is 19.6 Å². The Kier molecular flexibility index (Phi) is 7.40. The number of nitrogens with zero attached hydrogens (tertiary/aromatic N) is 3. The molecule has 156 valence electrons. The minimum absolute atomic E-state index is 0.0392. The zero-order chi connectivity index (χ0) is 20.1. The molecule has 1 aromatic rings. The second-order valence-electron chi connectivity index (χ2n) is 8.00. The van der Waals surface area contributed by atoms with E-state index in [1.54, 1.807) is 0 Å². The number of hydrogen-bond acceptors (Lipinski definition) is 6. The van der Waals surface area contributed by atoms with Crippen LogP contribution in [0.3, 0.4) is 0 Å². The molecule has 0 unspecified atom stereocenters. The van der Waals surface area contributed by atoms with E-state index in [2.05, 4.69) is 15.4 Å². The fourth-order valence-corrected chi connectivity index (χ4v) is 5.07. The highest BCUT2D eigenvalue weighted by atomic mass is 32.2. The molecule has 3 rings (SSSR count). The predicted octanol–water partition coefficient (Wildman–Crippen LogP) is 1.63. The number of aryl methyl sites for hydroxylation is 2. The molecular formula is C20H32N4O3S. The Hall–Kier alpha value is -1.54. The maximum Gasteiger partial charge on any atom is 0.227 e. The third-order valence-electron chi connectivity index (χ3n) is 5.75. The lowest BCUT2D eigenvalue weighted by molar-refractivity contribution is -0.135. The van der Waals surface area contributed by atoms with Gasteiger partial charge in [-0.15, -0.1) is 0 Å². The number of thioether (sulfide) groups is 1. The van der Waals surface area contributed by atoms with Gasteiger partial charge in [0, 0.05) is 55.7 Å². The molecule has 0 radical (unpaired) electrons. The fourth-order valence-electron chi connectivity index (χ4n) is 4.17. The molecule has 0 aromatic carbocycles. The Morgan fingerprint density at radius 3 is 2.64 bits per heavy atom. The average Bonchev–Trinajstić information content (AvgIpc) is 2.88. The first-order chi connectivity index (χ1) is 13.4. The van der Waals surface area contributed by atoms with Gasteiger partial charge in [-0.3, -0.25) is 9.59 Å². The third kappa shape index (κ3) is 5.50. The molecule has 2 aliphatic heterocycles. The van der Waals surface area contributed by atoms with Crippen LogP contribution in [-0.2, 0) is 16.0 Å². The molecule has 0 bridgehead atoms. The molecule has 0 saturated carbocycles. The van der Waals surface area contributed by atoms with E-state index in [0.717, 1.165) is 67.5 Å². The van der Waals surface area contributed by atoms with Crippen molar-refractivity contribution in [3.8, 4) is 0 Å². The maximum atomic E-state index is 12.9. The number of carbonyl (C=O) groups is 2. The molecule has 1 aromatic heterocycles. The molecule has 0 aliphatic carbocycles. The van der Waals surface area contributed by atoms with Crippen LogP contribution in [-0.4, -0.2) is 77.5 Å². The fraction of sp³-hybridized carbons (Fsp3) is 0.750. The molecule has 2 saturated heterocycles. The molecule has 28 heavy (non-hydrogen) atoms. The van der Waals surface area contributed by atoms with E-state index in [0.29, 0.717) is 12.8 Å². The first-order valence-corrected chi connectivity index (χ1v) is 11.4. The van der Waals surface area contributed by atoms with Crippen molar-refractivity contribution < 1.29 is 14.1 Å². The van der Waals surface area contributed by atoms with Crippen LogP contribution in [0.2, 0.25) is 0 Å². The Balaban J connectivity index is 1.48. The number of likely N-dealkylation sites (N-methyl/N-ethyl adjacent to an activating group) is 1. The lowest BCUT2D eigenvalue weighted by Crippen LogP contribution is -2.44. The van der Waals surface area contributed by atoms with Crippen molar-refractivity contribution in [2.45, 2.75) is 45.6 Å². The largest absolute Gasteiger partial charge is 0.361 e. The summed E-state index contributed by atoms with van der Waals surface area (Å²) in [4.78, 5) is 29.5. The Morgan fingerprint density at radius 2 is 1.96 bits per heavy atom. The topological polar surface area (TPSA) is 78.7 Å². The van der Waals surface area contributed by atoms with Gasteiger partial charge >= 0.3 is 0 Å². The van der Waals surface area contributed by atoms with E-state index < -0.39 is 0 Å². The monoisotopic (exact) mass is 408 g/mol. The number of hydrogen-bond donors (Lipinski definition) is 1. The van der Waals surface area contributed by atoms with Crippen LogP contribution in [0.5, 0.6) is 0 Å². The van der Waals surface area contributed by atoms with Gasteiger partial charge in [0.1, 0.15) is 5.76 Å². The van der Waals surface area contributed by atoms with Crippen LogP contribution in [0.15, 0.2) is 4.52 Å². The number of likely N-dealkylation sites (tertiary alicyclic amines) is 1. The molecular weight excluding hydrogens is 376 g/mol. The Morgan fingerprint density at radius 1 is 1.21 bits per heavy atom. The lowest BCUT2D eigenvalue weighted by Gasteiger charge is -2.30. The standard InChI is InChI=1S/C20H32N4O3S/c1-14-18(15(2)27-22-14)6-7-19(25)21-17-5-4-16(12-23(3)13-17)20(26)24-8-10-28-11-9-24/h16-17H,4-13H2,1-3H3,(H,21,25)/t16-,17+/m1/s1. The van der Waals surface area contributed by atoms with E-state index >= 15 is 0 Å². The van der Waals surface area contributed by atoms with Crippen molar-refractivity contribution in [2.75, 3.05) is 44.7 Å². The smallest absolute Gasteiger partial charge is 0.227 e. The molecule has 2 fully saturated rings. The van der Waals surface area contributed by atoms with E-state index in [9.17, 15) is 9.59 Å². The zero-order valence-corrected chi connectivity index (χ0v) is 18.0. The number of aromatic nitrogens is 1. The van der Waals surface area contributed by atoms with Crippen molar-refractivity contribution in [1.29, 1.82) is 0 Å². The van der Waals surface area contributed by atoms with Crippen LogP contribution in [0, 0.1) is 19.8 Å². The highest BCUT2D eigenvalue weighted by Gasteiger charge is 2.30. The van der Waals surface area contributed by atoms with E-state index in [1.165, 1.54) is 0 Å². The molecule has 1 N–H and O–H groups in total. The van der Waals surface area contributed by atoms with E-state index in [1.807, 2.05) is 37.6 Å². The normalized spacial score (nSPS) is 24.0. The van der Waals surface area contributed by atoms with Gasteiger partial charge in [0.25, 0.3) is 0 Å². The number of nitrogens with one attached hydrogen (secondary N) is 1. The molecule has 2 atom stereocenters. The molecule has 8 heteroatoms. The summed E-state index contributed by atoms with van der Waals surface area (Å²) in [6.07, 6.45) is 2.75. The second-order valence-corrected chi connectivity index (χ2v) is 9.23. The van der Waals surface area contributed by atoms with Crippen LogP contribution in [0.1, 0.15) is 36.3 Å². The van der Waals surface area contributed by atoms with Gasteiger partial charge in [-0.2, -0.15) is 11.8 Å². The summed E-state index contributed by atoms with van der Waals surface area (Å²) in [7, 11) is 2.04. The van der Waals surface area contributed by atoms with Crippen molar-refractivity contribution in [3.63, 3.8) is 0 Å². The summed E-state index contributed by atoms with van der Waals surface area (Å²) in [6.45, 7) is 7.08. The summed E-state index contributed by atoms with van der Waals surface area (Å²) in [5.41, 5.74) is 1.88. The summed E-state index contributed by atoms with van der Waals surface area (Å²) in [6, 6.07) is 0.0943. The highest BCUT2D eigenvalue weighted by molar-refractivity contribution is 7.99.